The molecule has 7 heteroatoms. The lowest BCUT2D eigenvalue weighted by molar-refractivity contribution is -0.130. The molecule has 1 amide bonds. The van der Waals surface area contributed by atoms with Crippen LogP contribution in [0.4, 0.5) is 0 Å². The summed E-state index contributed by atoms with van der Waals surface area (Å²) in [6.07, 6.45) is 5.38. The van der Waals surface area contributed by atoms with Gasteiger partial charge in [0.2, 0.25) is 5.91 Å². The number of piperidine rings is 1. The van der Waals surface area contributed by atoms with Gasteiger partial charge in [0.1, 0.15) is 5.69 Å². The van der Waals surface area contributed by atoms with Crippen LogP contribution in [0.2, 0.25) is 0 Å². The smallest absolute Gasteiger partial charge is 0.356 e. The Morgan fingerprint density at radius 3 is 2.82 bits per heavy atom. The zero-order valence-corrected chi connectivity index (χ0v) is 12.9. The summed E-state index contributed by atoms with van der Waals surface area (Å²) in [7, 11) is 1.37. The van der Waals surface area contributed by atoms with Crippen molar-refractivity contribution in [3.05, 3.63) is 17.5 Å². The summed E-state index contributed by atoms with van der Waals surface area (Å²) in [6, 6.07) is 0.385. The Kier molecular flexibility index (Phi) is 4.42. The lowest BCUT2D eigenvalue weighted by atomic mass is 10.0. The minimum atomic E-state index is -0.384. The second-order valence-electron chi connectivity index (χ2n) is 5.96. The molecular weight excluding hydrogens is 284 g/mol. The summed E-state index contributed by atoms with van der Waals surface area (Å²) in [4.78, 5) is 27.8. The summed E-state index contributed by atoms with van der Waals surface area (Å²) >= 11 is 0. The number of methoxy groups -OCH3 is 1. The van der Waals surface area contributed by atoms with Crippen molar-refractivity contribution in [2.45, 2.75) is 38.3 Å². The molecule has 3 heterocycles. The molecule has 0 unspecified atom stereocenters. The van der Waals surface area contributed by atoms with E-state index < -0.39 is 0 Å². The number of esters is 1. The Morgan fingerprint density at radius 2 is 2.18 bits per heavy atom. The van der Waals surface area contributed by atoms with E-state index >= 15 is 0 Å². The van der Waals surface area contributed by atoms with Gasteiger partial charge in [0.05, 0.1) is 13.3 Å². The summed E-state index contributed by atoms with van der Waals surface area (Å²) in [5.41, 5.74) is 1.29. The summed E-state index contributed by atoms with van der Waals surface area (Å²) < 4.78 is 4.75. The van der Waals surface area contributed by atoms with Crippen molar-refractivity contribution in [1.82, 2.24) is 20.0 Å². The highest BCUT2D eigenvalue weighted by molar-refractivity contribution is 5.88. The normalized spacial score (nSPS) is 20.6. The molecule has 22 heavy (non-hydrogen) atoms. The Balaban J connectivity index is 1.55. The molecule has 1 N–H and O–H groups in total. The predicted octanol–water partition coefficient (Wildman–Crippen LogP) is 0.783. The second-order valence-corrected chi connectivity index (χ2v) is 5.96. The van der Waals surface area contributed by atoms with E-state index in [0.717, 1.165) is 44.5 Å². The molecule has 2 aliphatic heterocycles. The lowest BCUT2D eigenvalue weighted by Crippen LogP contribution is -2.45. The van der Waals surface area contributed by atoms with Crippen LogP contribution < -0.4 is 0 Å². The maximum Gasteiger partial charge on any atom is 0.356 e. The first-order valence-corrected chi connectivity index (χ1v) is 7.81. The van der Waals surface area contributed by atoms with Gasteiger partial charge in [-0.05, 0) is 19.3 Å². The Bertz CT molecular complexity index is 549. The van der Waals surface area contributed by atoms with Crippen LogP contribution in [0.5, 0.6) is 0 Å². The van der Waals surface area contributed by atoms with Gasteiger partial charge in [0.15, 0.2) is 0 Å². The molecule has 7 nitrogen and oxygen atoms in total. The molecule has 0 atom stereocenters. The highest BCUT2D eigenvalue weighted by Crippen LogP contribution is 2.23. The molecule has 0 aliphatic carbocycles. The van der Waals surface area contributed by atoms with E-state index in [1.165, 1.54) is 7.11 Å². The van der Waals surface area contributed by atoms with E-state index in [1.54, 1.807) is 6.20 Å². The first-order chi connectivity index (χ1) is 10.7. The van der Waals surface area contributed by atoms with Crippen molar-refractivity contribution in [2.75, 3.05) is 26.7 Å². The molecule has 2 fully saturated rings. The molecule has 0 aromatic carbocycles. The van der Waals surface area contributed by atoms with E-state index in [0.29, 0.717) is 30.6 Å². The maximum atomic E-state index is 11.8. The number of carbonyl (C=O) groups excluding carboxylic acids is 2. The third-order valence-electron chi connectivity index (χ3n) is 4.61. The molecule has 1 aromatic heterocycles. The fraction of sp³-hybridized carbons (Fsp3) is 0.667. The lowest BCUT2D eigenvalue weighted by Gasteiger charge is -2.36. The molecule has 0 bridgehead atoms. The summed E-state index contributed by atoms with van der Waals surface area (Å²) in [5.74, 6) is -0.0775. The number of H-pyrrole nitrogens is 1. The zero-order chi connectivity index (χ0) is 15.5. The number of nitrogens with zero attached hydrogens (tertiary/aromatic N) is 3. The monoisotopic (exact) mass is 306 g/mol. The van der Waals surface area contributed by atoms with Crippen molar-refractivity contribution in [2.24, 2.45) is 0 Å². The standard InChI is InChI=1S/C15H22N4O3/c1-22-15(21)14-11(9-16-17-14)10-18-7-4-12(5-8-18)19-6-2-3-13(19)20/h9,12H,2-8,10H2,1H3,(H,16,17). The highest BCUT2D eigenvalue weighted by atomic mass is 16.5. The van der Waals surface area contributed by atoms with Gasteiger partial charge in [-0.1, -0.05) is 0 Å². The van der Waals surface area contributed by atoms with Crippen LogP contribution in [0, 0.1) is 0 Å². The largest absolute Gasteiger partial charge is 0.464 e. The fourth-order valence-electron chi connectivity index (χ4n) is 3.39. The minimum absolute atomic E-state index is 0.307. The first kappa shape index (κ1) is 15.0. The second kappa shape index (κ2) is 6.48. The highest BCUT2D eigenvalue weighted by Gasteiger charge is 2.31. The molecule has 2 aliphatic rings. The van der Waals surface area contributed by atoms with Gasteiger partial charge in [0.25, 0.3) is 0 Å². The topological polar surface area (TPSA) is 78.5 Å². The third-order valence-corrected chi connectivity index (χ3v) is 4.61. The Hall–Kier alpha value is -1.89. The van der Waals surface area contributed by atoms with Crippen molar-refractivity contribution < 1.29 is 14.3 Å². The molecule has 0 spiro atoms. The Labute approximate surface area is 129 Å². The van der Waals surface area contributed by atoms with Gasteiger partial charge in [0, 0.05) is 44.2 Å². The van der Waals surface area contributed by atoms with Gasteiger partial charge in [-0.2, -0.15) is 5.10 Å². The minimum Gasteiger partial charge on any atom is -0.464 e. The van der Waals surface area contributed by atoms with E-state index in [9.17, 15) is 9.59 Å². The van der Waals surface area contributed by atoms with Gasteiger partial charge in [-0.15, -0.1) is 0 Å². The van der Waals surface area contributed by atoms with E-state index in [4.69, 9.17) is 4.74 Å². The number of amides is 1. The number of rotatable bonds is 4. The number of carbonyl (C=O) groups is 2. The quantitative estimate of drug-likeness (QED) is 0.832. The number of ether oxygens (including phenoxy) is 1. The molecular formula is C15H22N4O3. The number of hydrogen-bond donors (Lipinski definition) is 1. The number of aromatic nitrogens is 2. The van der Waals surface area contributed by atoms with Crippen LogP contribution in [0.3, 0.4) is 0 Å². The molecule has 0 radical (unpaired) electrons. The van der Waals surface area contributed by atoms with E-state index in [1.807, 2.05) is 0 Å². The van der Waals surface area contributed by atoms with Gasteiger partial charge < -0.3 is 9.64 Å². The van der Waals surface area contributed by atoms with Crippen LogP contribution in [0.15, 0.2) is 6.20 Å². The predicted molar refractivity (Wildman–Crippen MR) is 79.2 cm³/mol. The van der Waals surface area contributed by atoms with Crippen molar-refractivity contribution in [3.63, 3.8) is 0 Å². The molecule has 2 saturated heterocycles. The number of likely N-dealkylation sites (tertiary alicyclic amines) is 2. The number of aromatic amines is 1. The van der Waals surface area contributed by atoms with Crippen LogP contribution in [0.25, 0.3) is 0 Å². The van der Waals surface area contributed by atoms with Crippen molar-refractivity contribution in [1.29, 1.82) is 0 Å². The third kappa shape index (κ3) is 2.99. The van der Waals surface area contributed by atoms with Gasteiger partial charge in [-0.25, -0.2) is 4.79 Å². The molecule has 0 saturated carbocycles. The van der Waals surface area contributed by atoms with Crippen LogP contribution >= 0.6 is 0 Å². The number of hydrogen-bond acceptors (Lipinski definition) is 5. The first-order valence-electron chi connectivity index (χ1n) is 7.81. The van der Waals surface area contributed by atoms with Gasteiger partial charge >= 0.3 is 5.97 Å². The maximum absolute atomic E-state index is 11.8. The van der Waals surface area contributed by atoms with Gasteiger partial charge in [-0.3, -0.25) is 14.8 Å². The average Bonchev–Trinajstić information content (AvgIpc) is 3.16. The molecule has 3 rings (SSSR count). The van der Waals surface area contributed by atoms with Crippen LogP contribution in [-0.4, -0.2) is 64.7 Å². The van der Waals surface area contributed by atoms with Crippen molar-refractivity contribution in [3.8, 4) is 0 Å². The molecule has 120 valence electrons. The number of nitrogens with one attached hydrogen (secondary N) is 1. The average molecular weight is 306 g/mol. The van der Waals surface area contributed by atoms with E-state index in [-0.39, 0.29) is 5.97 Å². The summed E-state index contributed by atoms with van der Waals surface area (Å²) in [6.45, 7) is 3.46. The fourth-order valence-corrected chi connectivity index (χ4v) is 3.39. The summed E-state index contributed by atoms with van der Waals surface area (Å²) in [5, 5.41) is 6.64. The zero-order valence-electron chi connectivity index (χ0n) is 12.9. The Morgan fingerprint density at radius 1 is 1.41 bits per heavy atom. The molecule has 1 aromatic rings. The van der Waals surface area contributed by atoms with E-state index in [2.05, 4.69) is 20.0 Å². The van der Waals surface area contributed by atoms with Crippen molar-refractivity contribution >= 4 is 11.9 Å². The van der Waals surface area contributed by atoms with Crippen LogP contribution in [0.1, 0.15) is 41.7 Å². The van der Waals surface area contributed by atoms with Crippen LogP contribution in [-0.2, 0) is 16.1 Å². The SMILES string of the molecule is COC(=O)c1[nH]ncc1CN1CCC(N2CCCC2=O)CC1.